The first kappa shape index (κ1) is 14.3. The second kappa shape index (κ2) is 6.02. The van der Waals surface area contributed by atoms with Gasteiger partial charge in [0.2, 0.25) is 0 Å². The van der Waals surface area contributed by atoms with E-state index in [1.54, 1.807) is 0 Å². The molecule has 2 N–H and O–H groups in total. The summed E-state index contributed by atoms with van der Waals surface area (Å²) in [6.07, 6.45) is 6.00. The Labute approximate surface area is 129 Å². The lowest BCUT2D eigenvalue weighted by Gasteiger charge is -2.31. The average molecular weight is 306 g/mol. The van der Waals surface area contributed by atoms with Gasteiger partial charge in [0.15, 0.2) is 5.82 Å². The summed E-state index contributed by atoms with van der Waals surface area (Å²) in [5.41, 5.74) is 7.44. The minimum absolute atomic E-state index is 0.337. The van der Waals surface area contributed by atoms with Crippen LogP contribution in [0.15, 0.2) is 18.2 Å². The van der Waals surface area contributed by atoms with Gasteiger partial charge >= 0.3 is 0 Å². The molecule has 0 saturated heterocycles. The monoisotopic (exact) mass is 305 g/mol. The zero-order chi connectivity index (χ0) is 14.8. The van der Waals surface area contributed by atoms with E-state index < -0.39 is 0 Å². The predicted molar refractivity (Wildman–Crippen MR) is 84.0 cm³/mol. The van der Waals surface area contributed by atoms with E-state index in [1.807, 2.05) is 22.9 Å². The van der Waals surface area contributed by atoms with Crippen LogP contribution in [0.5, 0.6) is 0 Å². The van der Waals surface area contributed by atoms with E-state index in [9.17, 15) is 0 Å². The number of hydrogen-bond donors (Lipinski definition) is 1. The van der Waals surface area contributed by atoms with Crippen LogP contribution in [0.3, 0.4) is 0 Å². The van der Waals surface area contributed by atoms with Crippen LogP contribution < -0.4 is 5.73 Å². The highest BCUT2D eigenvalue weighted by molar-refractivity contribution is 6.33. The first-order chi connectivity index (χ1) is 10.2. The van der Waals surface area contributed by atoms with Crippen LogP contribution in [0.4, 0.5) is 5.69 Å². The van der Waals surface area contributed by atoms with Crippen LogP contribution in [0, 0.1) is 5.92 Å². The van der Waals surface area contributed by atoms with Gasteiger partial charge in [0.1, 0.15) is 0 Å². The molecule has 0 radical (unpaired) electrons. The molecule has 1 aliphatic rings. The predicted octanol–water partition coefficient (Wildman–Crippen LogP) is 3.72. The van der Waals surface area contributed by atoms with E-state index >= 15 is 0 Å². The van der Waals surface area contributed by atoms with Gasteiger partial charge in [0, 0.05) is 5.69 Å². The molecule has 0 spiro atoms. The first-order valence-electron chi connectivity index (χ1n) is 7.54. The van der Waals surface area contributed by atoms with Gasteiger partial charge in [-0.05, 0) is 41.3 Å². The summed E-state index contributed by atoms with van der Waals surface area (Å²) in [4.78, 5) is 0. The molecule has 2 atom stereocenters. The molecule has 112 valence electrons. The number of aromatic nitrogens is 4. The summed E-state index contributed by atoms with van der Waals surface area (Å²) in [6, 6.07) is 5.83. The van der Waals surface area contributed by atoms with Gasteiger partial charge in [-0.2, -0.15) is 0 Å². The van der Waals surface area contributed by atoms with Crippen LogP contribution in [0.1, 0.15) is 45.1 Å². The van der Waals surface area contributed by atoms with Crippen LogP contribution in [-0.4, -0.2) is 20.2 Å². The second-order valence-corrected chi connectivity index (χ2v) is 6.08. The fourth-order valence-corrected chi connectivity index (χ4v) is 3.61. The Kier molecular flexibility index (Phi) is 4.10. The molecule has 0 amide bonds. The lowest BCUT2D eigenvalue weighted by Crippen LogP contribution is -2.24. The molecule has 0 bridgehead atoms. The molecular weight excluding hydrogens is 286 g/mol. The van der Waals surface area contributed by atoms with Crippen molar-refractivity contribution in [3.63, 3.8) is 0 Å². The van der Waals surface area contributed by atoms with Crippen LogP contribution in [0.2, 0.25) is 5.02 Å². The molecule has 3 rings (SSSR count). The number of hydrogen-bond acceptors (Lipinski definition) is 4. The topological polar surface area (TPSA) is 69.6 Å². The summed E-state index contributed by atoms with van der Waals surface area (Å²) in [5, 5.41) is 12.9. The van der Waals surface area contributed by atoms with Crippen molar-refractivity contribution < 1.29 is 0 Å². The summed E-state index contributed by atoms with van der Waals surface area (Å²) < 4.78 is 1.94. The zero-order valence-electron chi connectivity index (χ0n) is 12.2. The standard InChI is InChI=1S/C15H20ClN5/c1-2-10-6-3-4-9-13(10)21-15(18-19-20-21)14-11(16)7-5-8-12(14)17/h5,7-8,10,13H,2-4,6,9,17H2,1H3. The van der Waals surface area contributed by atoms with Crippen molar-refractivity contribution in [2.75, 3.05) is 5.73 Å². The molecule has 2 aromatic rings. The largest absolute Gasteiger partial charge is 0.398 e. The molecule has 1 aromatic heterocycles. The van der Waals surface area contributed by atoms with Gasteiger partial charge in [-0.1, -0.05) is 43.9 Å². The Bertz CT molecular complexity index is 604. The molecule has 6 heteroatoms. The molecule has 1 fully saturated rings. The van der Waals surface area contributed by atoms with Crippen molar-refractivity contribution in [3.8, 4) is 11.4 Å². The fourth-order valence-electron chi connectivity index (χ4n) is 3.34. The highest BCUT2D eigenvalue weighted by Gasteiger charge is 2.29. The van der Waals surface area contributed by atoms with E-state index in [0.29, 0.717) is 28.5 Å². The van der Waals surface area contributed by atoms with Gasteiger partial charge in [0.05, 0.1) is 16.6 Å². The van der Waals surface area contributed by atoms with E-state index in [2.05, 4.69) is 22.4 Å². The molecular formula is C15H20ClN5. The SMILES string of the molecule is CCC1CCCCC1n1nnnc1-c1c(N)cccc1Cl. The van der Waals surface area contributed by atoms with E-state index in [-0.39, 0.29) is 0 Å². The van der Waals surface area contributed by atoms with E-state index in [1.165, 1.54) is 19.3 Å². The highest BCUT2D eigenvalue weighted by Crippen LogP contribution is 2.39. The lowest BCUT2D eigenvalue weighted by molar-refractivity contribution is 0.216. The molecule has 1 aromatic carbocycles. The van der Waals surface area contributed by atoms with Crippen LogP contribution in [-0.2, 0) is 0 Å². The van der Waals surface area contributed by atoms with Gasteiger partial charge in [-0.25, -0.2) is 4.68 Å². The van der Waals surface area contributed by atoms with Crippen molar-refractivity contribution >= 4 is 17.3 Å². The summed E-state index contributed by atoms with van der Waals surface area (Å²) in [5.74, 6) is 1.30. The Hall–Kier alpha value is -1.62. The number of halogens is 1. The van der Waals surface area contributed by atoms with Crippen LogP contribution >= 0.6 is 11.6 Å². The molecule has 21 heavy (non-hydrogen) atoms. The molecule has 1 aliphatic carbocycles. The average Bonchev–Trinajstić information content (AvgIpc) is 2.96. The normalized spacial score (nSPS) is 22.4. The zero-order valence-corrected chi connectivity index (χ0v) is 12.9. The third-order valence-electron chi connectivity index (χ3n) is 4.47. The lowest BCUT2D eigenvalue weighted by atomic mass is 9.83. The first-order valence-corrected chi connectivity index (χ1v) is 7.92. The number of benzene rings is 1. The Morgan fingerprint density at radius 1 is 1.33 bits per heavy atom. The van der Waals surface area contributed by atoms with Gasteiger partial charge in [-0.3, -0.25) is 0 Å². The highest BCUT2D eigenvalue weighted by atomic mass is 35.5. The number of tetrazole rings is 1. The van der Waals surface area contributed by atoms with Crippen molar-refractivity contribution in [2.45, 2.75) is 45.1 Å². The molecule has 1 saturated carbocycles. The Morgan fingerprint density at radius 2 is 2.14 bits per heavy atom. The minimum Gasteiger partial charge on any atom is -0.398 e. The second-order valence-electron chi connectivity index (χ2n) is 5.67. The molecule has 2 unspecified atom stereocenters. The van der Waals surface area contributed by atoms with Crippen molar-refractivity contribution in [2.24, 2.45) is 5.92 Å². The maximum Gasteiger partial charge on any atom is 0.185 e. The summed E-state index contributed by atoms with van der Waals surface area (Å²) >= 11 is 6.31. The Morgan fingerprint density at radius 3 is 2.90 bits per heavy atom. The summed E-state index contributed by atoms with van der Waals surface area (Å²) in [7, 11) is 0. The smallest absolute Gasteiger partial charge is 0.185 e. The maximum atomic E-state index is 6.31. The number of nitrogens with two attached hydrogens (primary N) is 1. The molecule has 1 heterocycles. The van der Waals surface area contributed by atoms with Crippen molar-refractivity contribution in [3.05, 3.63) is 23.2 Å². The van der Waals surface area contributed by atoms with Crippen molar-refractivity contribution in [1.29, 1.82) is 0 Å². The fraction of sp³-hybridized carbons (Fsp3) is 0.533. The van der Waals surface area contributed by atoms with Crippen molar-refractivity contribution in [1.82, 2.24) is 20.2 Å². The number of anilines is 1. The Balaban J connectivity index is 2.05. The molecule has 0 aliphatic heterocycles. The van der Waals surface area contributed by atoms with Gasteiger partial charge < -0.3 is 5.73 Å². The summed E-state index contributed by atoms with van der Waals surface area (Å²) in [6.45, 7) is 2.23. The third-order valence-corrected chi connectivity index (χ3v) is 4.78. The minimum atomic E-state index is 0.337. The third kappa shape index (κ3) is 2.62. The van der Waals surface area contributed by atoms with Gasteiger partial charge in [0.25, 0.3) is 0 Å². The quantitative estimate of drug-likeness (QED) is 0.877. The van der Waals surface area contributed by atoms with Crippen LogP contribution in [0.25, 0.3) is 11.4 Å². The molecule has 5 nitrogen and oxygen atoms in total. The van der Waals surface area contributed by atoms with E-state index in [0.717, 1.165) is 18.4 Å². The number of rotatable bonds is 3. The van der Waals surface area contributed by atoms with Gasteiger partial charge in [-0.15, -0.1) is 5.10 Å². The number of nitrogen functional groups attached to an aromatic ring is 1. The van der Waals surface area contributed by atoms with E-state index in [4.69, 9.17) is 17.3 Å². The maximum absolute atomic E-state index is 6.31. The number of nitrogens with zero attached hydrogens (tertiary/aromatic N) is 4.